The highest BCUT2D eigenvalue weighted by molar-refractivity contribution is 7.89. The fourth-order valence-electron chi connectivity index (χ4n) is 4.25. The van der Waals surface area contributed by atoms with Crippen molar-refractivity contribution in [2.24, 2.45) is 0 Å². The van der Waals surface area contributed by atoms with Gasteiger partial charge in [0.2, 0.25) is 31.9 Å². The predicted octanol–water partition coefficient (Wildman–Crippen LogP) is 1.04. The van der Waals surface area contributed by atoms with E-state index in [1.54, 1.807) is 24.3 Å². The molecule has 2 aromatic carbocycles. The van der Waals surface area contributed by atoms with Crippen LogP contribution in [0.2, 0.25) is 0 Å². The normalized spacial score (nSPS) is 17.5. The lowest BCUT2D eigenvalue weighted by molar-refractivity contribution is -0.136. The van der Waals surface area contributed by atoms with E-state index < -0.39 is 43.9 Å². The number of nitrogens with zero attached hydrogens (tertiary/aromatic N) is 2. The third-order valence-corrected chi connectivity index (χ3v) is 9.83. The lowest BCUT2D eigenvalue weighted by Gasteiger charge is -2.29. The maximum Gasteiger partial charge on any atom is 0.241 e. The lowest BCUT2D eigenvalue weighted by atomic mass is 10.2. The number of carbonyl (C=O) groups is 2. The maximum absolute atomic E-state index is 13.1. The Bertz CT molecular complexity index is 1290. The molecule has 0 bridgehead atoms. The molecule has 2 atom stereocenters. The fraction of sp³-hybridized carbons (Fsp3) is 0.500. The number of aryl methyl sites for hydroxylation is 2. The zero-order valence-electron chi connectivity index (χ0n) is 24.4. The summed E-state index contributed by atoms with van der Waals surface area (Å²) in [5.41, 5.74) is 1.84. The molecule has 0 saturated carbocycles. The highest BCUT2D eigenvalue weighted by Gasteiger charge is 2.28. The van der Waals surface area contributed by atoms with Crippen LogP contribution >= 0.6 is 0 Å². The second-order valence-electron chi connectivity index (χ2n) is 10.2. The Labute approximate surface area is 248 Å². The smallest absolute Gasteiger partial charge is 0.241 e. The summed E-state index contributed by atoms with van der Waals surface area (Å²) in [6, 6.07) is 10.7. The number of nitrogens with one attached hydrogen (secondary N) is 2. The van der Waals surface area contributed by atoms with E-state index >= 15 is 0 Å². The lowest BCUT2D eigenvalue weighted by Crippen LogP contribution is -2.50. The molecule has 0 aliphatic carbocycles. The van der Waals surface area contributed by atoms with Crippen molar-refractivity contribution in [3.8, 4) is 0 Å². The molecule has 12 nitrogen and oxygen atoms in total. The van der Waals surface area contributed by atoms with Gasteiger partial charge < -0.3 is 19.3 Å². The Morgan fingerprint density at radius 1 is 0.619 bits per heavy atom. The number of hydrogen-bond acceptors (Lipinski definition) is 8. The van der Waals surface area contributed by atoms with Crippen LogP contribution in [0.4, 0.5) is 0 Å². The summed E-state index contributed by atoms with van der Waals surface area (Å²) in [5.74, 6) is -0.831. The highest BCUT2D eigenvalue weighted by Crippen LogP contribution is 2.13. The Kier molecular flexibility index (Phi) is 12.0. The van der Waals surface area contributed by atoms with Crippen molar-refractivity contribution in [1.29, 1.82) is 0 Å². The molecule has 2 N–H and O–H groups in total. The number of rotatable bonds is 8. The van der Waals surface area contributed by atoms with Gasteiger partial charge in [0.15, 0.2) is 0 Å². The molecule has 1 heterocycles. The first-order chi connectivity index (χ1) is 19.8. The molecule has 1 aliphatic rings. The maximum atomic E-state index is 13.1. The third kappa shape index (κ3) is 9.57. The molecule has 42 heavy (non-hydrogen) atoms. The molecule has 0 aromatic heterocycles. The van der Waals surface area contributed by atoms with Crippen LogP contribution in [-0.4, -0.2) is 103 Å². The monoisotopic (exact) mass is 624 g/mol. The van der Waals surface area contributed by atoms with E-state index in [4.69, 9.17) is 9.47 Å². The van der Waals surface area contributed by atoms with Crippen LogP contribution in [0.25, 0.3) is 0 Å². The van der Waals surface area contributed by atoms with E-state index in [9.17, 15) is 26.4 Å². The van der Waals surface area contributed by atoms with Crippen LogP contribution < -0.4 is 9.44 Å². The van der Waals surface area contributed by atoms with E-state index in [0.29, 0.717) is 0 Å². The first kappa shape index (κ1) is 33.6. The van der Waals surface area contributed by atoms with E-state index in [1.807, 2.05) is 13.8 Å². The van der Waals surface area contributed by atoms with Crippen molar-refractivity contribution in [2.45, 2.75) is 49.6 Å². The first-order valence-corrected chi connectivity index (χ1v) is 16.7. The number of carbonyl (C=O) groups excluding carboxylic acids is 2. The Balaban J connectivity index is 1.54. The largest absolute Gasteiger partial charge is 0.378 e. The summed E-state index contributed by atoms with van der Waals surface area (Å²) in [6.45, 7) is 8.07. The van der Waals surface area contributed by atoms with Gasteiger partial charge in [0.25, 0.3) is 0 Å². The van der Waals surface area contributed by atoms with Gasteiger partial charge in [0.05, 0.1) is 48.3 Å². The van der Waals surface area contributed by atoms with Gasteiger partial charge in [-0.2, -0.15) is 9.44 Å². The summed E-state index contributed by atoms with van der Waals surface area (Å²) < 4.78 is 67.2. The van der Waals surface area contributed by atoms with Gasteiger partial charge >= 0.3 is 0 Å². The van der Waals surface area contributed by atoms with Gasteiger partial charge in [-0.1, -0.05) is 35.4 Å². The van der Waals surface area contributed by atoms with Crippen molar-refractivity contribution in [3.63, 3.8) is 0 Å². The van der Waals surface area contributed by atoms with Gasteiger partial charge in [-0.15, -0.1) is 0 Å². The molecule has 0 spiro atoms. The summed E-state index contributed by atoms with van der Waals surface area (Å²) in [6.07, 6.45) is 0. The van der Waals surface area contributed by atoms with E-state index in [-0.39, 0.29) is 62.4 Å². The van der Waals surface area contributed by atoms with Gasteiger partial charge in [0, 0.05) is 26.2 Å². The number of sulfonamides is 2. The summed E-state index contributed by atoms with van der Waals surface area (Å²) in [4.78, 5) is 29.3. The van der Waals surface area contributed by atoms with Crippen molar-refractivity contribution in [1.82, 2.24) is 19.2 Å². The van der Waals surface area contributed by atoms with Crippen molar-refractivity contribution >= 4 is 31.9 Å². The van der Waals surface area contributed by atoms with Crippen molar-refractivity contribution in [3.05, 3.63) is 59.7 Å². The summed E-state index contributed by atoms with van der Waals surface area (Å²) in [7, 11) is -7.78. The molecular weight excluding hydrogens is 584 g/mol. The molecular formula is C28H40N4O8S2. The second-order valence-corrected chi connectivity index (χ2v) is 13.6. The number of benzene rings is 2. The summed E-state index contributed by atoms with van der Waals surface area (Å²) in [5, 5.41) is 0. The van der Waals surface area contributed by atoms with E-state index in [1.165, 1.54) is 47.9 Å². The van der Waals surface area contributed by atoms with Crippen LogP contribution in [0.1, 0.15) is 25.0 Å². The second kappa shape index (κ2) is 15.0. The first-order valence-electron chi connectivity index (χ1n) is 13.7. The quantitative estimate of drug-likeness (QED) is 0.442. The van der Waals surface area contributed by atoms with E-state index in [2.05, 4.69) is 9.44 Å². The Hall–Kier alpha value is -2.88. The van der Waals surface area contributed by atoms with Gasteiger partial charge in [0.1, 0.15) is 0 Å². The number of amides is 2. The van der Waals surface area contributed by atoms with Gasteiger partial charge in [-0.3, -0.25) is 9.59 Å². The zero-order chi connectivity index (χ0) is 30.9. The van der Waals surface area contributed by atoms with Crippen molar-refractivity contribution in [2.75, 3.05) is 52.6 Å². The molecule has 0 radical (unpaired) electrons. The molecule has 3 rings (SSSR count). The van der Waals surface area contributed by atoms with Gasteiger partial charge in [-0.05, 0) is 52.0 Å². The SMILES string of the molecule is Cc1ccc(S(=O)(=O)N[C@H](C)C(=O)N2CCOCCN(C(=O)[C@@H](C)NS(=O)(=O)c3ccc(C)cc3)CCOCC2)cc1. The van der Waals surface area contributed by atoms with Crippen LogP contribution in [0, 0.1) is 13.8 Å². The van der Waals surface area contributed by atoms with Gasteiger partial charge in [-0.25, -0.2) is 16.8 Å². The minimum Gasteiger partial charge on any atom is -0.378 e. The molecule has 14 heteroatoms. The van der Waals surface area contributed by atoms with Crippen LogP contribution in [-0.2, 0) is 39.1 Å². The van der Waals surface area contributed by atoms with Crippen molar-refractivity contribution < 1.29 is 35.9 Å². The van der Waals surface area contributed by atoms with Crippen LogP contribution in [0.3, 0.4) is 0 Å². The zero-order valence-corrected chi connectivity index (χ0v) is 26.0. The minimum absolute atomic E-state index is 0.0736. The molecule has 232 valence electrons. The molecule has 2 aromatic rings. The highest BCUT2D eigenvalue weighted by atomic mass is 32.2. The molecule has 1 fully saturated rings. The predicted molar refractivity (Wildman–Crippen MR) is 157 cm³/mol. The molecule has 0 unspecified atom stereocenters. The average molecular weight is 625 g/mol. The van der Waals surface area contributed by atoms with E-state index in [0.717, 1.165) is 11.1 Å². The number of hydrogen-bond donors (Lipinski definition) is 2. The Morgan fingerprint density at radius 3 is 1.19 bits per heavy atom. The topological polar surface area (TPSA) is 151 Å². The summed E-state index contributed by atoms with van der Waals surface area (Å²) >= 11 is 0. The standard InChI is InChI=1S/C28H40N4O8S2/c1-21-5-9-25(10-6-21)41(35,36)29-23(3)27(33)31-13-17-39-19-15-32(16-20-40-18-14-31)28(34)24(4)30-42(37,38)26-11-7-22(2)8-12-26/h5-12,23-24,29-30H,13-20H2,1-4H3/t23-,24-/m1/s1. The fourth-order valence-corrected chi connectivity index (χ4v) is 6.65. The molecule has 1 saturated heterocycles. The van der Waals surface area contributed by atoms with Crippen LogP contribution in [0.5, 0.6) is 0 Å². The molecule has 2 amide bonds. The van der Waals surface area contributed by atoms with Crippen LogP contribution in [0.15, 0.2) is 58.3 Å². The third-order valence-electron chi connectivity index (χ3n) is 6.71. The number of ether oxygens (including phenoxy) is 2. The Morgan fingerprint density at radius 2 is 0.905 bits per heavy atom. The minimum atomic E-state index is -3.89. The average Bonchev–Trinajstić information content (AvgIpc) is 2.92. The molecule has 1 aliphatic heterocycles.